The molecule has 1 aromatic rings. The number of hydrogen-bond acceptors (Lipinski definition) is 4. The largest absolute Gasteiger partial charge is 0.495 e. The molecule has 0 heterocycles. The van der Waals surface area contributed by atoms with Gasteiger partial charge in [-0.1, -0.05) is 6.07 Å². The summed E-state index contributed by atoms with van der Waals surface area (Å²) in [5.74, 6) is 1.59. The van der Waals surface area contributed by atoms with Crippen molar-refractivity contribution in [2.45, 2.75) is 13.3 Å². The van der Waals surface area contributed by atoms with Crippen molar-refractivity contribution in [2.75, 3.05) is 23.9 Å². The Hall–Kier alpha value is -1.67. The number of carbonyl (C=O) groups excluding carboxylic acids is 1. The van der Waals surface area contributed by atoms with E-state index in [1.54, 1.807) is 7.11 Å². The van der Waals surface area contributed by atoms with Gasteiger partial charge in [0.05, 0.1) is 24.6 Å². The van der Waals surface area contributed by atoms with E-state index in [0.29, 0.717) is 29.4 Å². The monoisotopic (exact) mass is 264 g/mol. The van der Waals surface area contributed by atoms with E-state index in [-0.39, 0.29) is 5.91 Å². The van der Waals surface area contributed by atoms with Crippen LogP contribution in [0.15, 0.2) is 18.2 Å². The molecular formula is C13H16N2O2S. The molecule has 1 amide bonds. The third kappa shape index (κ3) is 4.68. The number of nitrogens with zero attached hydrogens (tertiary/aromatic N) is 1. The molecule has 18 heavy (non-hydrogen) atoms. The highest BCUT2D eigenvalue weighted by Gasteiger charge is 2.07. The summed E-state index contributed by atoms with van der Waals surface area (Å²) in [6.45, 7) is 1.96. The average molecular weight is 264 g/mol. The fraction of sp³-hybridized carbons (Fsp3) is 0.385. The Balaban J connectivity index is 2.53. The van der Waals surface area contributed by atoms with E-state index in [9.17, 15) is 4.79 Å². The smallest absolute Gasteiger partial charge is 0.234 e. The van der Waals surface area contributed by atoms with Crippen molar-refractivity contribution in [3.8, 4) is 11.8 Å². The van der Waals surface area contributed by atoms with E-state index in [0.717, 1.165) is 5.56 Å². The van der Waals surface area contributed by atoms with Crippen LogP contribution < -0.4 is 10.1 Å². The van der Waals surface area contributed by atoms with Gasteiger partial charge in [0.1, 0.15) is 5.75 Å². The molecule has 0 aliphatic carbocycles. The molecule has 1 N–H and O–H groups in total. The van der Waals surface area contributed by atoms with E-state index in [1.165, 1.54) is 11.8 Å². The van der Waals surface area contributed by atoms with E-state index in [2.05, 4.69) is 5.32 Å². The Morgan fingerprint density at radius 2 is 2.33 bits per heavy atom. The van der Waals surface area contributed by atoms with Crippen LogP contribution in [0.3, 0.4) is 0 Å². The van der Waals surface area contributed by atoms with Crippen molar-refractivity contribution < 1.29 is 9.53 Å². The molecule has 0 aliphatic heterocycles. The number of rotatable bonds is 6. The average Bonchev–Trinajstić information content (AvgIpc) is 2.35. The summed E-state index contributed by atoms with van der Waals surface area (Å²) in [6.07, 6.45) is 0.464. The maximum atomic E-state index is 11.7. The number of nitriles is 1. The van der Waals surface area contributed by atoms with Gasteiger partial charge < -0.3 is 10.1 Å². The van der Waals surface area contributed by atoms with Gasteiger partial charge in [0.2, 0.25) is 5.91 Å². The summed E-state index contributed by atoms with van der Waals surface area (Å²) in [4.78, 5) is 11.7. The maximum absolute atomic E-state index is 11.7. The first-order valence-electron chi connectivity index (χ1n) is 5.56. The molecule has 1 aromatic carbocycles. The molecule has 0 saturated heterocycles. The van der Waals surface area contributed by atoms with Crippen molar-refractivity contribution >= 4 is 23.4 Å². The zero-order valence-electron chi connectivity index (χ0n) is 10.5. The zero-order valence-corrected chi connectivity index (χ0v) is 11.3. The van der Waals surface area contributed by atoms with E-state index < -0.39 is 0 Å². The van der Waals surface area contributed by atoms with Crippen LogP contribution in [-0.2, 0) is 4.79 Å². The fourth-order valence-electron chi connectivity index (χ4n) is 1.39. The number of methoxy groups -OCH3 is 1. The molecule has 0 atom stereocenters. The second-order valence-electron chi connectivity index (χ2n) is 3.71. The van der Waals surface area contributed by atoms with Gasteiger partial charge >= 0.3 is 0 Å². The summed E-state index contributed by atoms with van der Waals surface area (Å²) in [5.41, 5.74) is 1.74. The van der Waals surface area contributed by atoms with E-state index >= 15 is 0 Å². The van der Waals surface area contributed by atoms with E-state index in [1.807, 2.05) is 31.2 Å². The molecule has 0 bridgehead atoms. The summed E-state index contributed by atoms with van der Waals surface area (Å²) >= 11 is 1.45. The summed E-state index contributed by atoms with van der Waals surface area (Å²) in [7, 11) is 1.57. The lowest BCUT2D eigenvalue weighted by Crippen LogP contribution is -2.15. The molecule has 0 spiro atoms. The van der Waals surface area contributed by atoms with Gasteiger partial charge in [0.25, 0.3) is 0 Å². The van der Waals surface area contributed by atoms with Crippen LogP contribution in [0.5, 0.6) is 5.75 Å². The minimum atomic E-state index is -0.0816. The third-order valence-corrected chi connectivity index (χ3v) is 3.18. The first-order chi connectivity index (χ1) is 8.67. The summed E-state index contributed by atoms with van der Waals surface area (Å²) in [5, 5.41) is 11.2. The van der Waals surface area contributed by atoms with E-state index in [4.69, 9.17) is 10.00 Å². The number of thioether (sulfide) groups is 1. The molecule has 1 rings (SSSR count). The highest BCUT2D eigenvalue weighted by Crippen LogP contribution is 2.25. The normalized spacial score (nSPS) is 9.61. The van der Waals surface area contributed by atoms with Gasteiger partial charge in [0, 0.05) is 12.2 Å². The lowest BCUT2D eigenvalue weighted by molar-refractivity contribution is -0.113. The molecule has 0 saturated carbocycles. The first kappa shape index (κ1) is 14.4. The van der Waals surface area contributed by atoms with Crippen LogP contribution in [0.4, 0.5) is 5.69 Å². The van der Waals surface area contributed by atoms with Crippen LogP contribution in [0, 0.1) is 18.3 Å². The standard InChI is InChI=1S/C13H16N2O2S/c1-10-4-5-12(17-2)11(8-10)15-13(16)9-18-7-3-6-14/h4-5,8H,3,7,9H2,1-2H3,(H,15,16). The fourth-order valence-corrected chi connectivity index (χ4v) is 2.03. The Kier molecular flexibility index (Phi) is 6.09. The number of anilines is 1. The number of amides is 1. The lowest BCUT2D eigenvalue weighted by Gasteiger charge is -2.10. The zero-order chi connectivity index (χ0) is 13.4. The predicted octanol–water partition coefficient (Wildman–Crippen LogP) is 2.59. The minimum absolute atomic E-state index is 0.0816. The number of benzene rings is 1. The first-order valence-corrected chi connectivity index (χ1v) is 6.72. The quantitative estimate of drug-likeness (QED) is 0.802. The second kappa shape index (κ2) is 7.62. The molecule has 4 nitrogen and oxygen atoms in total. The van der Waals surface area contributed by atoms with Gasteiger partial charge in [-0.25, -0.2) is 0 Å². The number of nitrogens with one attached hydrogen (secondary N) is 1. The number of hydrogen-bond donors (Lipinski definition) is 1. The summed E-state index contributed by atoms with van der Waals surface area (Å²) in [6, 6.07) is 7.67. The van der Waals surface area contributed by atoms with Crippen molar-refractivity contribution in [1.82, 2.24) is 0 Å². The Morgan fingerprint density at radius 3 is 3.00 bits per heavy atom. The van der Waals surface area contributed by atoms with Crippen molar-refractivity contribution in [2.24, 2.45) is 0 Å². The molecule has 0 unspecified atom stereocenters. The van der Waals surface area contributed by atoms with Crippen LogP contribution in [0.2, 0.25) is 0 Å². The van der Waals surface area contributed by atoms with Gasteiger partial charge in [-0.2, -0.15) is 17.0 Å². The molecule has 5 heteroatoms. The van der Waals surface area contributed by atoms with Crippen LogP contribution >= 0.6 is 11.8 Å². The Bertz CT molecular complexity index is 455. The number of ether oxygens (including phenoxy) is 1. The molecular weight excluding hydrogens is 248 g/mol. The minimum Gasteiger partial charge on any atom is -0.495 e. The number of aryl methyl sites for hydroxylation is 1. The molecule has 0 aromatic heterocycles. The van der Waals surface area contributed by atoms with Gasteiger partial charge in [-0.05, 0) is 24.6 Å². The lowest BCUT2D eigenvalue weighted by atomic mass is 10.2. The maximum Gasteiger partial charge on any atom is 0.234 e. The predicted molar refractivity (Wildman–Crippen MR) is 73.9 cm³/mol. The Morgan fingerprint density at radius 1 is 1.56 bits per heavy atom. The van der Waals surface area contributed by atoms with Crippen LogP contribution in [0.1, 0.15) is 12.0 Å². The van der Waals surface area contributed by atoms with Crippen molar-refractivity contribution in [3.05, 3.63) is 23.8 Å². The van der Waals surface area contributed by atoms with Gasteiger partial charge in [0.15, 0.2) is 0 Å². The molecule has 0 radical (unpaired) electrons. The van der Waals surface area contributed by atoms with Crippen LogP contribution in [-0.4, -0.2) is 24.5 Å². The molecule has 96 valence electrons. The topological polar surface area (TPSA) is 62.1 Å². The second-order valence-corrected chi connectivity index (χ2v) is 4.82. The van der Waals surface area contributed by atoms with Crippen molar-refractivity contribution in [1.29, 1.82) is 5.26 Å². The SMILES string of the molecule is COc1ccc(C)cc1NC(=O)CSCCC#N. The van der Waals surface area contributed by atoms with Crippen molar-refractivity contribution in [3.63, 3.8) is 0 Å². The summed E-state index contributed by atoms with van der Waals surface area (Å²) < 4.78 is 5.18. The highest BCUT2D eigenvalue weighted by molar-refractivity contribution is 7.99. The third-order valence-electron chi connectivity index (χ3n) is 2.22. The van der Waals surface area contributed by atoms with Gasteiger partial charge in [-0.3, -0.25) is 4.79 Å². The van der Waals surface area contributed by atoms with Gasteiger partial charge in [-0.15, -0.1) is 0 Å². The number of carbonyl (C=O) groups is 1. The van der Waals surface area contributed by atoms with Crippen LogP contribution in [0.25, 0.3) is 0 Å². The Labute approximate surface area is 111 Å². The molecule has 0 aliphatic rings. The highest BCUT2D eigenvalue weighted by atomic mass is 32.2. The molecule has 0 fully saturated rings.